The van der Waals surface area contributed by atoms with Gasteiger partial charge in [0.1, 0.15) is 0 Å². The van der Waals surface area contributed by atoms with Crippen molar-refractivity contribution in [3.8, 4) is 0 Å². The first-order valence-corrected chi connectivity index (χ1v) is 2.95. The molecule has 0 aliphatic heterocycles. The molecule has 0 N–H and O–H groups in total. The van der Waals surface area contributed by atoms with Crippen LogP contribution in [0, 0.1) is 20.8 Å². The quantitative estimate of drug-likeness (QED) is 0.490. The average molecular weight is 118 g/mol. The SMILES string of the molecule is [CH2]c1cccc([CH2])c1C. The highest BCUT2D eigenvalue weighted by molar-refractivity contribution is 5.37. The second-order valence-electron chi connectivity index (χ2n) is 2.20. The molecule has 1 rings (SSSR count). The molecule has 0 unspecified atom stereocenters. The second-order valence-corrected chi connectivity index (χ2v) is 2.20. The molecule has 0 bridgehead atoms. The van der Waals surface area contributed by atoms with Crippen molar-refractivity contribution in [3.05, 3.63) is 48.7 Å². The average Bonchev–Trinajstić information content (AvgIpc) is 1.83. The zero-order chi connectivity index (χ0) is 6.85. The van der Waals surface area contributed by atoms with Gasteiger partial charge in [-0.1, -0.05) is 18.2 Å². The van der Waals surface area contributed by atoms with Crippen LogP contribution in [-0.2, 0) is 0 Å². The molecule has 2 radical (unpaired) electrons. The van der Waals surface area contributed by atoms with Gasteiger partial charge in [0, 0.05) is 0 Å². The van der Waals surface area contributed by atoms with Crippen molar-refractivity contribution >= 4 is 0 Å². The summed E-state index contributed by atoms with van der Waals surface area (Å²) in [7, 11) is 0. The highest BCUT2D eigenvalue weighted by atomic mass is 14.0. The van der Waals surface area contributed by atoms with Crippen LogP contribution in [0.5, 0.6) is 0 Å². The molecule has 0 aliphatic rings. The summed E-state index contributed by atoms with van der Waals surface area (Å²) in [5.41, 5.74) is 3.34. The van der Waals surface area contributed by atoms with E-state index < -0.39 is 0 Å². The molecule has 0 heteroatoms. The van der Waals surface area contributed by atoms with Crippen LogP contribution in [0.15, 0.2) is 18.2 Å². The van der Waals surface area contributed by atoms with Gasteiger partial charge in [0.2, 0.25) is 0 Å². The Morgan fingerprint density at radius 1 is 1.11 bits per heavy atom. The van der Waals surface area contributed by atoms with Crippen LogP contribution in [-0.4, -0.2) is 0 Å². The minimum absolute atomic E-state index is 1.07. The molecule has 0 fully saturated rings. The molecule has 0 atom stereocenters. The Morgan fingerprint density at radius 2 is 1.56 bits per heavy atom. The van der Waals surface area contributed by atoms with Crippen LogP contribution in [0.1, 0.15) is 16.7 Å². The van der Waals surface area contributed by atoms with Gasteiger partial charge in [-0.2, -0.15) is 0 Å². The standard InChI is InChI=1S/C9H10/c1-7-5-4-6-8(2)9(7)3/h4-6H,1-2H2,3H3. The molecule has 1 aromatic carbocycles. The van der Waals surface area contributed by atoms with Gasteiger partial charge in [-0.15, -0.1) is 0 Å². The third kappa shape index (κ3) is 1.13. The van der Waals surface area contributed by atoms with Crippen molar-refractivity contribution in [2.75, 3.05) is 0 Å². The Kier molecular flexibility index (Phi) is 1.56. The lowest BCUT2D eigenvalue weighted by atomic mass is 10.1. The fourth-order valence-corrected chi connectivity index (χ4v) is 0.737. The summed E-state index contributed by atoms with van der Waals surface area (Å²) in [5, 5.41) is 0. The molecule has 0 spiro atoms. The van der Waals surface area contributed by atoms with Crippen LogP contribution in [0.2, 0.25) is 0 Å². The van der Waals surface area contributed by atoms with Gasteiger partial charge >= 0.3 is 0 Å². The summed E-state index contributed by atoms with van der Waals surface area (Å²) in [6.45, 7) is 9.71. The van der Waals surface area contributed by atoms with Crippen LogP contribution >= 0.6 is 0 Å². The molecule has 0 aromatic heterocycles. The fraction of sp³-hybridized carbons (Fsp3) is 0.111. The maximum atomic E-state index is 3.84. The molecule has 0 heterocycles. The Labute approximate surface area is 56.5 Å². The van der Waals surface area contributed by atoms with E-state index in [4.69, 9.17) is 0 Å². The molecular weight excluding hydrogens is 108 g/mol. The van der Waals surface area contributed by atoms with Gasteiger partial charge in [0.15, 0.2) is 0 Å². The van der Waals surface area contributed by atoms with E-state index in [1.54, 1.807) is 0 Å². The van der Waals surface area contributed by atoms with Crippen molar-refractivity contribution in [3.63, 3.8) is 0 Å². The van der Waals surface area contributed by atoms with Crippen LogP contribution in [0.3, 0.4) is 0 Å². The van der Waals surface area contributed by atoms with Gasteiger partial charge in [-0.25, -0.2) is 0 Å². The van der Waals surface area contributed by atoms with E-state index in [9.17, 15) is 0 Å². The molecule has 0 saturated heterocycles. The van der Waals surface area contributed by atoms with Gasteiger partial charge in [0.25, 0.3) is 0 Å². The number of hydrogen-bond donors (Lipinski definition) is 0. The second kappa shape index (κ2) is 2.22. The maximum absolute atomic E-state index is 3.84. The number of rotatable bonds is 0. The summed E-state index contributed by atoms with van der Waals surface area (Å²) in [6, 6.07) is 5.95. The Morgan fingerprint density at radius 3 is 1.89 bits per heavy atom. The first-order valence-electron chi connectivity index (χ1n) is 2.95. The number of hydrogen-bond acceptors (Lipinski definition) is 0. The van der Waals surface area contributed by atoms with Crippen molar-refractivity contribution < 1.29 is 0 Å². The zero-order valence-corrected chi connectivity index (χ0v) is 5.65. The monoisotopic (exact) mass is 118 g/mol. The lowest BCUT2D eigenvalue weighted by Crippen LogP contribution is -1.82. The molecule has 9 heavy (non-hydrogen) atoms. The minimum atomic E-state index is 1.07. The fourth-order valence-electron chi connectivity index (χ4n) is 0.737. The van der Waals surface area contributed by atoms with Gasteiger partial charge in [-0.3, -0.25) is 0 Å². The minimum Gasteiger partial charge on any atom is -0.0617 e. The van der Waals surface area contributed by atoms with E-state index in [1.807, 2.05) is 25.1 Å². The lowest BCUT2D eigenvalue weighted by Gasteiger charge is -2.00. The smallest absolute Gasteiger partial charge is 0.0235 e. The predicted octanol–water partition coefficient (Wildman–Crippen LogP) is 2.36. The number of benzene rings is 1. The summed E-state index contributed by atoms with van der Waals surface area (Å²) in [5.74, 6) is 0. The van der Waals surface area contributed by atoms with E-state index in [2.05, 4.69) is 13.8 Å². The topological polar surface area (TPSA) is 0 Å². The predicted molar refractivity (Wildman–Crippen MR) is 40.1 cm³/mol. The van der Waals surface area contributed by atoms with Crippen molar-refractivity contribution in [1.29, 1.82) is 0 Å². The van der Waals surface area contributed by atoms with Crippen molar-refractivity contribution in [2.24, 2.45) is 0 Å². The Hall–Kier alpha value is -0.780. The molecule has 46 valence electrons. The Bertz CT molecular complexity index is 191. The molecule has 0 aliphatic carbocycles. The molecule has 0 nitrogen and oxygen atoms in total. The first kappa shape index (κ1) is 6.34. The lowest BCUT2D eigenvalue weighted by molar-refractivity contribution is 1.37. The molecule has 0 amide bonds. The van der Waals surface area contributed by atoms with E-state index >= 15 is 0 Å². The highest BCUT2D eigenvalue weighted by Gasteiger charge is 1.92. The maximum Gasteiger partial charge on any atom is -0.0235 e. The third-order valence-corrected chi connectivity index (χ3v) is 1.56. The molecular formula is C9H10. The van der Waals surface area contributed by atoms with Crippen molar-refractivity contribution in [1.82, 2.24) is 0 Å². The highest BCUT2D eigenvalue weighted by Crippen LogP contribution is 2.09. The first-order chi connectivity index (χ1) is 4.22. The Balaban J connectivity index is 3.25. The van der Waals surface area contributed by atoms with Crippen LogP contribution < -0.4 is 0 Å². The van der Waals surface area contributed by atoms with Crippen LogP contribution in [0.4, 0.5) is 0 Å². The summed E-state index contributed by atoms with van der Waals surface area (Å²) in [4.78, 5) is 0. The molecule has 1 aromatic rings. The summed E-state index contributed by atoms with van der Waals surface area (Å²) < 4.78 is 0. The normalized spacial score (nSPS) is 9.67. The zero-order valence-electron chi connectivity index (χ0n) is 5.65. The summed E-state index contributed by atoms with van der Waals surface area (Å²) >= 11 is 0. The van der Waals surface area contributed by atoms with E-state index in [0.717, 1.165) is 11.1 Å². The van der Waals surface area contributed by atoms with Crippen LogP contribution in [0.25, 0.3) is 0 Å². The van der Waals surface area contributed by atoms with Crippen molar-refractivity contribution in [2.45, 2.75) is 6.92 Å². The summed E-state index contributed by atoms with van der Waals surface area (Å²) in [6.07, 6.45) is 0. The van der Waals surface area contributed by atoms with Gasteiger partial charge in [0.05, 0.1) is 0 Å². The largest absolute Gasteiger partial charge is 0.0617 e. The van der Waals surface area contributed by atoms with E-state index in [0.29, 0.717) is 0 Å². The van der Waals surface area contributed by atoms with E-state index in [1.165, 1.54) is 5.56 Å². The van der Waals surface area contributed by atoms with Gasteiger partial charge < -0.3 is 0 Å². The molecule has 0 saturated carbocycles. The third-order valence-electron chi connectivity index (χ3n) is 1.56. The van der Waals surface area contributed by atoms with Gasteiger partial charge in [-0.05, 0) is 37.5 Å². The van der Waals surface area contributed by atoms with E-state index in [-0.39, 0.29) is 0 Å².